The Bertz CT molecular complexity index is 243. The quantitative estimate of drug-likeness (QED) is 0.362. The average Bonchev–Trinajstić information content (AvgIpc) is 3.22. The van der Waals surface area contributed by atoms with Gasteiger partial charge in [0.25, 0.3) is 0 Å². The second kappa shape index (κ2) is 10.1. The van der Waals surface area contributed by atoms with Gasteiger partial charge in [0.1, 0.15) is 0 Å². The number of hydrogen-bond donors (Lipinski definition) is 2. The first-order valence-electron chi connectivity index (χ1n) is 7.97. The summed E-state index contributed by atoms with van der Waals surface area (Å²) in [6.45, 7) is 10.2. The fourth-order valence-corrected chi connectivity index (χ4v) is 2.26. The Morgan fingerprint density at radius 3 is 2.32 bits per heavy atom. The van der Waals surface area contributed by atoms with Gasteiger partial charge in [0.2, 0.25) is 0 Å². The third-order valence-electron chi connectivity index (χ3n) is 3.50. The van der Waals surface area contributed by atoms with E-state index in [2.05, 4.69) is 34.4 Å². The molecule has 1 fully saturated rings. The van der Waals surface area contributed by atoms with Crippen LogP contribution in [-0.2, 0) is 0 Å². The second-order valence-corrected chi connectivity index (χ2v) is 5.52. The lowest BCUT2D eigenvalue weighted by molar-refractivity contribution is 0.271. The van der Waals surface area contributed by atoms with E-state index in [4.69, 9.17) is 0 Å². The summed E-state index contributed by atoms with van der Waals surface area (Å²) in [5, 5.41) is 6.80. The Morgan fingerprint density at radius 1 is 1.11 bits per heavy atom. The van der Waals surface area contributed by atoms with Crippen LogP contribution in [0.2, 0.25) is 0 Å². The van der Waals surface area contributed by atoms with Gasteiger partial charge in [0.05, 0.1) is 0 Å². The highest BCUT2D eigenvalue weighted by atomic mass is 15.2. The van der Waals surface area contributed by atoms with Gasteiger partial charge >= 0.3 is 0 Å². The molecule has 0 aromatic rings. The number of nitrogens with one attached hydrogen (secondary N) is 2. The molecule has 0 aromatic heterocycles. The molecule has 2 N–H and O–H groups in total. The highest BCUT2D eigenvalue weighted by Crippen LogP contribution is 2.27. The molecular formula is C15H32N4. The van der Waals surface area contributed by atoms with Crippen molar-refractivity contribution in [2.75, 3.05) is 39.8 Å². The van der Waals surface area contributed by atoms with Crippen molar-refractivity contribution in [1.82, 2.24) is 15.5 Å². The van der Waals surface area contributed by atoms with Gasteiger partial charge in [-0.25, -0.2) is 0 Å². The van der Waals surface area contributed by atoms with E-state index in [0.29, 0.717) is 0 Å². The molecule has 112 valence electrons. The number of hydrogen-bond acceptors (Lipinski definition) is 2. The van der Waals surface area contributed by atoms with E-state index in [1.165, 1.54) is 51.7 Å². The number of aliphatic imine (C=N–C) groups is 1. The Kier molecular flexibility index (Phi) is 8.63. The molecule has 1 aliphatic carbocycles. The highest BCUT2D eigenvalue weighted by molar-refractivity contribution is 5.79. The first kappa shape index (κ1) is 16.3. The topological polar surface area (TPSA) is 39.7 Å². The number of rotatable bonds is 10. The first-order chi connectivity index (χ1) is 9.30. The van der Waals surface area contributed by atoms with Crippen molar-refractivity contribution in [3.63, 3.8) is 0 Å². The Labute approximate surface area is 119 Å². The van der Waals surface area contributed by atoms with Crippen LogP contribution in [0.15, 0.2) is 4.99 Å². The van der Waals surface area contributed by atoms with E-state index >= 15 is 0 Å². The van der Waals surface area contributed by atoms with Crippen LogP contribution in [-0.4, -0.2) is 50.6 Å². The van der Waals surface area contributed by atoms with Gasteiger partial charge in [0.15, 0.2) is 5.96 Å². The molecule has 1 aliphatic rings. The average molecular weight is 268 g/mol. The Morgan fingerprint density at radius 2 is 1.79 bits per heavy atom. The summed E-state index contributed by atoms with van der Waals surface area (Å²) in [7, 11) is 1.85. The third-order valence-corrected chi connectivity index (χ3v) is 3.50. The summed E-state index contributed by atoms with van der Waals surface area (Å²) in [5.41, 5.74) is 0. The van der Waals surface area contributed by atoms with Gasteiger partial charge in [-0.3, -0.25) is 4.99 Å². The molecule has 1 rings (SSSR count). The van der Waals surface area contributed by atoms with Gasteiger partial charge in [-0.1, -0.05) is 13.8 Å². The lowest BCUT2D eigenvalue weighted by atomic mass is 10.3. The lowest BCUT2D eigenvalue weighted by Crippen LogP contribution is -2.39. The van der Waals surface area contributed by atoms with E-state index in [1.807, 2.05) is 7.05 Å². The number of nitrogens with zero attached hydrogens (tertiary/aromatic N) is 2. The summed E-state index contributed by atoms with van der Waals surface area (Å²) in [6, 6.07) is 0. The zero-order chi connectivity index (χ0) is 13.9. The summed E-state index contributed by atoms with van der Waals surface area (Å²) >= 11 is 0. The van der Waals surface area contributed by atoms with E-state index in [0.717, 1.165) is 25.0 Å². The molecular weight excluding hydrogens is 236 g/mol. The minimum Gasteiger partial charge on any atom is -0.356 e. The molecule has 19 heavy (non-hydrogen) atoms. The van der Waals surface area contributed by atoms with Crippen molar-refractivity contribution in [3.8, 4) is 0 Å². The van der Waals surface area contributed by atoms with E-state index in [-0.39, 0.29) is 0 Å². The maximum absolute atomic E-state index is 4.26. The Hall–Kier alpha value is -0.770. The molecule has 4 nitrogen and oxygen atoms in total. The summed E-state index contributed by atoms with van der Waals surface area (Å²) in [6.07, 6.45) is 6.44. The van der Waals surface area contributed by atoms with Crippen LogP contribution in [0.1, 0.15) is 46.0 Å². The van der Waals surface area contributed by atoms with Crippen LogP contribution in [0.4, 0.5) is 0 Å². The van der Waals surface area contributed by atoms with Crippen LogP contribution in [0.3, 0.4) is 0 Å². The molecule has 0 aromatic carbocycles. The minimum atomic E-state index is 0.892. The van der Waals surface area contributed by atoms with Crippen LogP contribution >= 0.6 is 0 Å². The molecule has 0 atom stereocenters. The molecule has 0 aliphatic heterocycles. The molecule has 0 saturated heterocycles. The highest BCUT2D eigenvalue weighted by Gasteiger charge is 2.20. The van der Waals surface area contributed by atoms with Gasteiger partial charge in [-0.15, -0.1) is 0 Å². The minimum absolute atomic E-state index is 0.892. The molecule has 0 bridgehead atoms. The fraction of sp³-hybridized carbons (Fsp3) is 0.933. The van der Waals surface area contributed by atoms with Crippen molar-refractivity contribution < 1.29 is 0 Å². The molecule has 0 radical (unpaired) electrons. The molecule has 4 heteroatoms. The van der Waals surface area contributed by atoms with Gasteiger partial charge in [-0.2, -0.15) is 0 Å². The Balaban J connectivity index is 2.05. The summed E-state index contributed by atoms with van der Waals surface area (Å²) in [5.74, 6) is 1.85. The third kappa shape index (κ3) is 8.09. The van der Waals surface area contributed by atoms with Crippen molar-refractivity contribution in [2.45, 2.75) is 46.0 Å². The van der Waals surface area contributed by atoms with Gasteiger partial charge < -0.3 is 15.5 Å². The maximum Gasteiger partial charge on any atom is 0.190 e. The van der Waals surface area contributed by atoms with E-state index in [1.54, 1.807) is 0 Å². The van der Waals surface area contributed by atoms with Crippen molar-refractivity contribution >= 4 is 5.96 Å². The van der Waals surface area contributed by atoms with E-state index in [9.17, 15) is 0 Å². The lowest BCUT2D eigenvalue weighted by Gasteiger charge is -2.21. The zero-order valence-corrected chi connectivity index (χ0v) is 13.0. The van der Waals surface area contributed by atoms with Crippen LogP contribution < -0.4 is 10.6 Å². The molecule has 0 heterocycles. The van der Waals surface area contributed by atoms with Crippen LogP contribution in [0.5, 0.6) is 0 Å². The maximum atomic E-state index is 4.26. The second-order valence-electron chi connectivity index (χ2n) is 5.52. The molecule has 0 unspecified atom stereocenters. The zero-order valence-electron chi connectivity index (χ0n) is 13.0. The van der Waals surface area contributed by atoms with E-state index < -0.39 is 0 Å². The van der Waals surface area contributed by atoms with Gasteiger partial charge in [0, 0.05) is 20.1 Å². The van der Waals surface area contributed by atoms with Gasteiger partial charge in [-0.05, 0) is 57.7 Å². The predicted molar refractivity (Wildman–Crippen MR) is 83.7 cm³/mol. The largest absolute Gasteiger partial charge is 0.356 e. The molecule has 1 saturated carbocycles. The smallest absolute Gasteiger partial charge is 0.190 e. The monoisotopic (exact) mass is 268 g/mol. The summed E-state index contributed by atoms with van der Waals surface area (Å²) < 4.78 is 0. The standard InChI is InChI=1S/C15H32N4/c1-4-10-19(11-5-2)12-6-9-17-15(16-3)18-13-14-7-8-14/h14H,4-13H2,1-3H3,(H2,16,17,18). The summed E-state index contributed by atoms with van der Waals surface area (Å²) in [4.78, 5) is 6.82. The first-order valence-corrected chi connectivity index (χ1v) is 7.97. The molecule has 0 amide bonds. The van der Waals surface area contributed by atoms with Crippen LogP contribution in [0, 0.1) is 5.92 Å². The van der Waals surface area contributed by atoms with Crippen molar-refractivity contribution in [2.24, 2.45) is 10.9 Å². The van der Waals surface area contributed by atoms with Crippen molar-refractivity contribution in [3.05, 3.63) is 0 Å². The van der Waals surface area contributed by atoms with Crippen LogP contribution in [0.25, 0.3) is 0 Å². The predicted octanol–water partition coefficient (Wildman–Crippen LogP) is 2.07. The fourth-order valence-electron chi connectivity index (χ4n) is 2.26. The normalized spacial score (nSPS) is 15.9. The number of guanidine groups is 1. The SMILES string of the molecule is CCCN(CCC)CCCNC(=NC)NCC1CC1. The molecule has 0 spiro atoms. The van der Waals surface area contributed by atoms with Crippen molar-refractivity contribution in [1.29, 1.82) is 0 Å².